The van der Waals surface area contributed by atoms with Crippen molar-refractivity contribution in [3.63, 3.8) is 0 Å². The lowest BCUT2D eigenvalue weighted by molar-refractivity contribution is 0.170. The molecule has 0 saturated carbocycles. The molecule has 1 aromatic rings. The molecule has 0 aliphatic carbocycles. The summed E-state index contributed by atoms with van der Waals surface area (Å²) in [6.45, 7) is 8.25. The van der Waals surface area contributed by atoms with Gasteiger partial charge in [0, 0.05) is 36.2 Å². The minimum atomic E-state index is -0.00785. The molecular weight excluding hydrogens is 264 g/mol. The Labute approximate surface area is 127 Å². The zero-order valence-electron chi connectivity index (χ0n) is 13.5. The Morgan fingerprint density at radius 1 is 1.19 bits per heavy atom. The molecule has 2 atom stereocenters. The van der Waals surface area contributed by atoms with E-state index < -0.39 is 0 Å². The Hall–Kier alpha value is -1.73. The van der Waals surface area contributed by atoms with Gasteiger partial charge in [-0.2, -0.15) is 5.26 Å². The van der Waals surface area contributed by atoms with Crippen molar-refractivity contribution in [3.05, 3.63) is 23.8 Å². The average Bonchev–Trinajstić information content (AvgIpc) is 2.90. The van der Waals surface area contributed by atoms with Crippen molar-refractivity contribution in [2.24, 2.45) is 5.92 Å². The molecule has 1 aliphatic rings. The van der Waals surface area contributed by atoms with Gasteiger partial charge < -0.3 is 9.47 Å². The van der Waals surface area contributed by atoms with Gasteiger partial charge in [0.1, 0.15) is 11.5 Å². The maximum absolute atomic E-state index is 9.50. The van der Waals surface area contributed by atoms with Crippen molar-refractivity contribution in [3.8, 4) is 17.6 Å². The molecule has 0 radical (unpaired) electrons. The van der Waals surface area contributed by atoms with Crippen LogP contribution < -0.4 is 9.47 Å². The van der Waals surface area contributed by atoms with E-state index in [2.05, 4.69) is 31.7 Å². The molecule has 1 aliphatic heterocycles. The van der Waals surface area contributed by atoms with Gasteiger partial charge in [-0.15, -0.1) is 0 Å². The highest BCUT2D eigenvalue weighted by Crippen LogP contribution is 2.40. The number of hydrogen-bond acceptors (Lipinski definition) is 4. The maximum Gasteiger partial charge on any atom is 0.126 e. The first-order valence-corrected chi connectivity index (χ1v) is 7.27. The summed E-state index contributed by atoms with van der Waals surface area (Å²) >= 11 is 0. The van der Waals surface area contributed by atoms with Gasteiger partial charge in [0.15, 0.2) is 0 Å². The summed E-state index contributed by atoms with van der Waals surface area (Å²) in [6.07, 6.45) is 0. The summed E-state index contributed by atoms with van der Waals surface area (Å²) in [5.74, 6) is 1.74. The average molecular weight is 288 g/mol. The van der Waals surface area contributed by atoms with Gasteiger partial charge >= 0.3 is 0 Å². The largest absolute Gasteiger partial charge is 0.497 e. The van der Waals surface area contributed by atoms with E-state index in [9.17, 15) is 5.26 Å². The summed E-state index contributed by atoms with van der Waals surface area (Å²) < 4.78 is 10.8. The number of benzene rings is 1. The van der Waals surface area contributed by atoms with Crippen LogP contribution in [0.3, 0.4) is 0 Å². The topological polar surface area (TPSA) is 45.5 Å². The molecule has 4 heteroatoms. The van der Waals surface area contributed by atoms with E-state index >= 15 is 0 Å². The van der Waals surface area contributed by atoms with E-state index in [0.29, 0.717) is 0 Å². The molecule has 0 amide bonds. The molecule has 0 bridgehead atoms. The van der Waals surface area contributed by atoms with Crippen molar-refractivity contribution in [1.29, 1.82) is 5.26 Å². The second-order valence-electron chi connectivity index (χ2n) is 6.53. The van der Waals surface area contributed by atoms with Gasteiger partial charge in [-0.1, -0.05) is 6.07 Å². The summed E-state index contributed by atoms with van der Waals surface area (Å²) in [7, 11) is 3.31. The lowest BCUT2D eigenvalue weighted by Gasteiger charge is -2.31. The molecule has 114 valence electrons. The molecule has 1 heterocycles. The van der Waals surface area contributed by atoms with Crippen LogP contribution in [0.5, 0.6) is 11.5 Å². The second kappa shape index (κ2) is 5.95. The number of methoxy groups -OCH3 is 2. The van der Waals surface area contributed by atoms with E-state index in [1.807, 2.05) is 18.2 Å². The van der Waals surface area contributed by atoms with Gasteiger partial charge in [0.25, 0.3) is 0 Å². The predicted octanol–water partition coefficient (Wildman–Crippen LogP) is 3.04. The zero-order valence-corrected chi connectivity index (χ0v) is 13.5. The Morgan fingerprint density at radius 3 is 2.43 bits per heavy atom. The molecule has 0 spiro atoms. The van der Waals surface area contributed by atoms with Crippen LogP contribution in [-0.2, 0) is 0 Å². The summed E-state index contributed by atoms with van der Waals surface area (Å²) in [5, 5.41) is 9.50. The Bertz CT molecular complexity index is 543. The minimum absolute atomic E-state index is 0.00785. The highest BCUT2D eigenvalue weighted by Gasteiger charge is 2.39. The monoisotopic (exact) mass is 288 g/mol. The predicted molar refractivity (Wildman–Crippen MR) is 82.7 cm³/mol. The summed E-state index contributed by atoms with van der Waals surface area (Å²) in [4.78, 5) is 2.37. The number of rotatable bonds is 3. The van der Waals surface area contributed by atoms with Crippen LogP contribution in [0.4, 0.5) is 0 Å². The highest BCUT2D eigenvalue weighted by atomic mass is 16.5. The number of likely N-dealkylation sites (tertiary alicyclic amines) is 1. The normalized spacial score (nSPS) is 22.9. The van der Waals surface area contributed by atoms with Crippen molar-refractivity contribution in [2.75, 3.05) is 27.3 Å². The van der Waals surface area contributed by atoms with Crippen LogP contribution in [0.15, 0.2) is 18.2 Å². The highest BCUT2D eigenvalue weighted by molar-refractivity contribution is 5.44. The number of nitrogens with zero attached hydrogens (tertiary/aromatic N) is 2. The molecule has 4 nitrogen and oxygen atoms in total. The SMILES string of the molecule is COc1ccc([C@@H]2CN(C(C)(C)C)C[C@H]2C#N)c(OC)c1. The molecular formula is C17H24N2O2. The third kappa shape index (κ3) is 3.14. The molecule has 1 aromatic carbocycles. The molecule has 21 heavy (non-hydrogen) atoms. The van der Waals surface area contributed by atoms with E-state index in [1.165, 1.54) is 0 Å². The standard InChI is InChI=1S/C17H24N2O2/c1-17(2,3)19-10-12(9-18)15(11-19)14-7-6-13(20-4)8-16(14)21-5/h6-8,12,15H,10-11H2,1-5H3/t12-,15-/m1/s1. The zero-order chi connectivity index (χ0) is 15.6. The quantitative estimate of drug-likeness (QED) is 0.857. The molecule has 0 aromatic heterocycles. The van der Waals surface area contributed by atoms with E-state index in [1.54, 1.807) is 14.2 Å². The van der Waals surface area contributed by atoms with Gasteiger partial charge in [-0.3, -0.25) is 4.90 Å². The fourth-order valence-corrected chi connectivity index (χ4v) is 2.92. The van der Waals surface area contributed by atoms with Crippen LogP contribution in [0.1, 0.15) is 32.3 Å². The number of ether oxygens (including phenoxy) is 2. The molecule has 0 N–H and O–H groups in total. The van der Waals surface area contributed by atoms with Crippen molar-refractivity contribution >= 4 is 0 Å². The number of nitriles is 1. The van der Waals surface area contributed by atoms with Gasteiger partial charge in [0.05, 0.1) is 26.2 Å². The first-order chi connectivity index (χ1) is 9.90. The van der Waals surface area contributed by atoms with Crippen molar-refractivity contribution in [2.45, 2.75) is 32.2 Å². The van der Waals surface area contributed by atoms with Gasteiger partial charge in [0.2, 0.25) is 0 Å². The summed E-state index contributed by atoms with van der Waals surface area (Å²) in [5.41, 5.74) is 1.17. The van der Waals surface area contributed by atoms with Crippen LogP contribution in [0.2, 0.25) is 0 Å². The fraction of sp³-hybridized carbons (Fsp3) is 0.588. The third-order valence-corrected chi connectivity index (χ3v) is 4.27. The lowest BCUT2D eigenvalue weighted by Crippen LogP contribution is -2.39. The Balaban J connectivity index is 2.34. The first-order valence-electron chi connectivity index (χ1n) is 7.27. The molecule has 0 unspecified atom stereocenters. The molecule has 2 rings (SSSR count). The maximum atomic E-state index is 9.50. The minimum Gasteiger partial charge on any atom is -0.497 e. The van der Waals surface area contributed by atoms with Crippen LogP contribution in [-0.4, -0.2) is 37.7 Å². The second-order valence-corrected chi connectivity index (χ2v) is 6.53. The van der Waals surface area contributed by atoms with E-state index in [4.69, 9.17) is 9.47 Å². The van der Waals surface area contributed by atoms with Crippen molar-refractivity contribution < 1.29 is 9.47 Å². The van der Waals surface area contributed by atoms with Gasteiger partial charge in [-0.25, -0.2) is 0 Å². The van der Waals surface area contributed by atoms with Crippen LogP contribution in [0.25, 0.3) is 0 Å². The van der Waals surface area contributed by atoms with Crippen LogP contribution >= 0.6 is 0 Å². The third-order valence-electron chi connectivity index (χ3n) is 4.27. The Kier molecular flexibility index (Phi) is 4.43. The van der Waals surface area contributed by atoms with Crippen LogP contribution in [0, 0.1) is 17.2 Å². The van der Waals surface area contributed by atoms with Crippen molar-refractivity contribution in [1.82, 2.24) is 4.90 Å². The number of hydrogen-bond donors (Lipinski definition) is 0. The first kappa shape index (κ1) is 15.7. The van der Waals surface area contributed by atoms with E-state index in [-0.39, 0.29) is 17.4 Å². The van der Waals surface area contributed by atoms with Gasteiger partial charge in [-0.05, 0) is 26.8 Å². The summed E-state index contributed by atoms with van der Waals surface area (Å²) in [6, 6.07) is 8.32. The molecule has 1 saturated heterocycles. The lowest BCUT2D eigenvalue weighted by atomic mass is 9.89. The van der Waals surface area contributed by atoms with E-state index in [0.717, 1.165) is 30.2 Å². The molecule has 1 fully saturated rings. The smallest absolute Gasteiger partial charge is 0.126 e. The fourth-order valence-electron chi connectivity index (χ4n) is 2.92. The Morgan fingerprint density at radius 2 is 1.90 bits per heavy atom.